The molecule has 178 valence electrons. The van der Waals surface area contributed by atoms with E-state index in [0.29, 0.717) is 18.1 Å². The molecule has 3 aromatic carbocycles. The zero-order valence-electron chi connectivity index (χ0n) is 19.2. The summed E-state index contributed by atoms with van der Waals surface area (Å²) in [5.41, 5.74) is 5.78. The highest BCUT2D eigenvalue weighted by atomic mass is 19.1. The van der Waals surface area contributed by atoms with Gasteiger partial charge in [0.15, 0.2) is 11.6 Å². The van der Waals surface area contributed by atoms with Gasteiger partial charge >= 0.3 is 0 Å². The van der Waals surface area contributed by atoms with E-state index >= 15 is 0 Å². The summed E-state index contributed by atoms with van der Waals surface area (Å²) < 4.78 is 19.7. The van der Waals surface area contributed by atoms with Crippen LogP contribution in [0.4, 0.5) is 16.0 Å². The van der Waals surface area contributed by atoms with E-state index in [4.69, 9.17) is 4.74 Å². The van der Waals surface area contributed by atoms with Gasteiger partial charge in [0.2, 0.25) is 5.95 Å². The van der Waals surface area contributed by atoms with Gasteiger partial charge in [0.05, 0.1) is 24.7 Å². The minimum absolute atomic E-state index is 0.137. The topological polar surface area (TPSA) is 102 Å². The van der Waals surface area contributed by atoms with Crippen molar-refractivity contribution in [3.63, 3.8) is 0 Å². The molecule has 1 atom stereocenters. The van der Waals surface area contributed by atoms with E-state index in [-0.39, 0.29) is 11.9 Å². The number of tetrazole rings is 1. The van der Waals surface area contributed by atoms with Crippen molar-refractivity contribution in [3.8, 4) is 28.3 Å². The lowest BCUT2D eigenvalue weighted by Gasteiger charge is -2.22. The molecular formula is C27H22FN7O. The summed E-state index contributed by atoms with van der Waals surface area (Å²) in [7, 11) is 0. The van der Waals surface area contributed by atoms with Crippen molar-refractivity contribution < 1.29 is 9.13 Å². The van der Waals surface area contributed by atoms with Gasteiger partial charge in [-0.1, -0.05) is 54.6 Å². The number of nitrogens with one attached hydrogen (secondary N) is 2. The van der Waals surface area contributed by atoms with E-state index in [0.717, 1.165) is 53.2 Å². The molecule has 0 radical (unpaired) electrons. The van der Waals surface area contributed by atoms with Crippen LogP contribution in [0.15, 0.2) is 79.1 Å². The number of aromatic amines is 1. The lowest BCUT2D eigenvalue weighted by Crippen LogP contribution is -2.05. The molecule has 0 amide bonds. The average Bonchev–Trinajstić information content (AvgIpc) is 3.37. The molecule has 5 aromatic rings. The fraction of sp³-hybridized carbons (Fsp3) is 0.148. The Morgan fingerprint density at radius 3 is 2.50 bits per heavy atom. The number of hydrogen-bond donors (Lipinski definition) is 2. The Balaban J connectivity index is 1.55. The van der Waals surface area contributed by atoms with Crippen molar-refractivity contribution in [1.29, 1.82) is 0 Å². The van der Waals surface area contributed by atoms with Gasteiger partial charge in [-0.15, -0.1) is 5.10 Å². The summed E-state index contributed by atoms with van der Waals surface area (Å²) in [5, 5.41) is 17.7. The van der Waals surface area contributed by atoms with Gasteiger partial charge in [0, 0.05) is 17.0 Å². The monoisotopic (exact) mass is 479 g/mol. The Kier molecular flexibility index (Phi) is 5.79. The minimum Gasteiger partial charge on any atom is -0.491 e. The molecule has 0 aliphatic carbocycles. The van der Waals surface area contributed by atoms with E-state index in [2.05, 4.69) is 66.2 Å². The summed E-state index contributed by atoms with van der Waals surface area (Å²) in [6, 6.07) is 22.6. The van der Waals surface area contributed by atoms with Crippen molar-refractivity contribution in [2.75, 3.05) is 11.9 Å². The van der Waals surface area contributed by atoms with Crippen LogP contribution >= 0.6 is 0 Å². The maximum atomic E-state index is 13.5. The minimum atomic E-state index is -0.497. The van der Waals surface area contributed by atoms with Gasteiger partial charge in [-0.2, -0.15) is 0 Å². The van der Waals surface area contributed by atoms with Crippen LogP contribution in [0.5, 0.6) is 5.75 Å². The third kappa shape index (κ3) is 4.26. The molecule has 0 saturated carbocycles. The SMILES string of the molecule is Fc1cnc(Nc2cc(-c3ccccc3-c3nnn[nH]3)cc3c2OCCCC3c2ccccc2)nc1. The molecule has 36 heavy (non-hydrogen) atoms. The summed E-state index contributed by atoms with van der Waals surface area (Å²) in [5.74, 6) is 1.25. The number of aromatic nitrogens is 6. The van der Waals surface area contributed by atoms with Crippen molar-refractivity contribution in [2.24, 2.45) is 0 Å². The number of rotatable bonds is 5. The van der Waals surface area contributed by atoms with E-state index in [1.165, 1.54) is 5.56 Å². The third-order valence-corrected chi connectivity index (χ3v) is 6.28. The van der Waals surface area contributed by atoms with Crippen LogP contribution < -0.4 is 10.1 Å². The molecule has 3 heterocycles. The molecular weight excluding hydrogens is 457 g/mol. The number of H-pyrrole nitrogens is 1. The first-order chi connectivity index (χ1) is 17.8. The fourth-order valence-corrected chi connectivity index (χ4v) is 4.68. The number of nitrogens with zero attached hydrogens (tertiary/aromatic N) is 5. The van der Waals surface area contributed by atoms with Crippen molar-refractivity contribution in [2.45, 2.75) is 18.8 Å². The number of benzene rings is 3. The van der Waals surface area contributed by atoms with Gasteiger partial charge in [-0.05, 0) is 52.1 Å². The lowest BCUT2D eigenvalue weighted by atomic mass is 9.85. The zero-order valence-corrected chi connectivity index (χ0v) is 19.2. The highest BCUT2D eigenvalue weighted by Gasteiger charge is 2.26. The first kappa shape index (κ1) is 21.8. The van der Waals surface area contributed by atoms with E-state index in [1.54, 1.807) is 0 Å². The Morgan fingerprint density at radius 1 is 0.944 bits per heavy atom. The number of anilines is 2. The second-order valence-corrected chi connectivity index (χ2v) is 8.54. The van der Waals surface area contributed by atoms with Crippen LogP contribution in [-0.2, 0) is 0 Å². The molecule has 0 fully saturated rings. The van der Waals surface area contributed by atoms with E-state index in [9.17, 15) is 4.39 Å². The summed E-state index contributed by atoms with van der Waals surface area (Å²) in [4.78, 5) is 8.20. The van der Waals surface area contributed by atoms with Crippen LogP contribution in [0.3, 0.4) is 0 Å². The van der Waals surface area contributed by atoms with Crippen LogP contribution in [-0.4, -0.2) is 37.2 Å². The normalized spacial score (nSPS) is 15.0. The highest BCUT2D eigenvalue weighted by Crippen LogP contribution is 2.46. The number of fused-ring (bicyclic) bond motifs is 1. The average molecular weight is 480 g/mol. The Hall–Kier alpha value is -4.66. The van der Waals surface area contributed by atoms with Crippen LogP contribution in [0, 0.1) is 5.82 Å². The predicted molar refractivity (Wildman–Crippen MR) is 133 cm³/mol. The van der Waals surface area contributed by atoms with Crippen molar-refractivity contribution in [1.82, 2.24) is 30.6 Å². The molecule has 6 rings (SSSR count). The lowest BCUT2D eigenvalue weighted by molar-refractivity contribution is 0.318. The van der Waals surface area contributed by atoms with E-state index in [1.807, 2.05) is 36.4 Å². The Morgan fingerprint density at radius 2 is 1.72 bits per heavy atom. The zero-order chi connectivity index (χ0) is 24.3. The molecule has 2 N–H and O–H groups in total. The summed E-state index contributed by atoms with van der Waals surface area (Å²) in [6.45, 7) is 0.592. The highest BCUT2D eigenvalue weighted by molar-refractivity contribution is 5.85. The maximum absolute atomic E-state index is 13.5. The molecule has 9 heteroatoms. The van der Waals surface area contributed by atoms with Gasteiger partial charge in [0.25, 0.3) is 0 Å². The Bertz CT molecular complexity index is 1470. The molecule has 1 aliphatic rings. The van der Waals surface area contributed by atoms with Crippen molar-refractivity contribution in [3.05, 3.63) is 96.1 Å². The number of halogens is 1. The molecule has 0 saturated heterocycles. The molecule has 0 spiro atoms. The van der Waals surface area contributed by atoms with Gasteiger partial charge in [-0.25, -0.2) is 19.5 Å². The quantitative estimate of drug-likeness (QED) is 0.343. The predicted octanol–water partition coefficient (Wildman–Crippen LogP) is 5.51. The molecule has 2 aromatic heterocycles. The summed E-state index contributed by atoms with van der Waals surface area (Å²) >= 11 is 0. The first-order valence-corrected chi connectivity index (χ1v) is 11.7. The van der Waals surface area contributed by atoms with Crippen LogP contribution in [0.1, 0.15) is 29.9 Å². The standard InChI is InChI=1S/C27H22FN7O/c28-19-15-29-27(30-16-19)31-24-14-18(21-9-4-5-10-22(21)26-32-34-35-33-26)13-23-20(11-6-12-36-25(23)24)17-7-2-1-3-8-17/h1-5,7-10,13-16,20H,6,11-12H2,(H,29,30,31)(H,32,33,34,35). The van der Waals surface area contributed by atoms with Gasteiger partial charge in [0.1, 0.15) is 5.75 Å². The molecule has 0 bridgehead atoms. The van der Waals surface area contributed by atoms with Crippen LogP contribution in [0.2, 0.25) is 0 Å². The molecule has 8 nitrogen and oxygen atoms in total. The maximum Gasteiger partial charge on any atom is 0.227 e. The smallest absolute Gasteiger partial charge is 0.227 e. The largest absolute Gasteiger partial charge is 0.491 e. The van der Waals surface area contributed by atoms with Gasteiger partial charge in [-0.3, -0.25) is 0 Å². The molecule has 1 aliphatic heterocycles. The first-order valence-electron chi connectivity index (χ1n) is 11.7. The Labute approximate surface area is 206 Å². The number of hydrogen-bond acceptors (Lipinski definition) is 7. The fourth-order valence-electron chi connectivity index (χ4n) is 4.68. The number of ether oxygens (including phenoxy) is 1. The van der Waals surface area contributed by atoms with Crippen LogP contribution in [0.25, 0.3) is 22.5 Å². The summed E-state index contributed by atoms with van der Waals surface area (Å²) in [6.07, 6.45) is 4.13. The second-order valence-electron chi connectivity index (χ2n) is 8.54. The third-order valence-electron chi connectivity index (χ3n) is 6.28. The van der Waals surface area contributed by atoms with Crippen molar-refractivity contribution >= 4 is 11.6 Å². The van der Waals surface area contributed by atoms with E-state index < -0.39 is 5.82 Å². The molecule has 1 unspecified atom stereocenters. The van der Waals surface area contributed by atoms with Gasteiger partial charge < -0.3 is 10.1 Å². The second kappa shape index (κ2) is 9.53.